The Morgan fingerprint density at radius 2 is 1.73 bits per heavy atom. The van der Waals surface area contributed by atoms with Gasteiger partial charge in [-0.25, -0.2) is 13.8 Å². The molecule has 0 aliphatic rings. The van der Waals surface area contributed by atoms with Gasteiger partial charge in [-0.3, -0.25) is 9.52 Å². The van der Waals surface area contributed by atoms with E-state index in [2.05, 4.69) is 15.2 Å². The average Bonchev–Trinajstić information content (AvgIpc) is 3.29. The zero-order valence-electron chi connectivity index (χ0n) is 16.2. The highest BCUT2D eigenvalue weighted by Crippen LogP contribution is 2.23. The summed E-state index contributed by atoms with van der Waals surface area (Å²) in [5, 5.41) is 5.61. The Kier molecular flexibility index (Phi) is 6.70. The van der Waals surface area contributed by atoms with E-state index in [0.717, 1.165) is 11.3 Å². The molecule has 0 aliphatic heterocycles. The SMILES string of the molecule is COc1cc(C=NNC(=O)c2ccccc2NS(=O)(=O)c2cccs2)cc(OC)c1. The maximum Gasteiger partial charge on any atom is 0.273 e. The number of sulfonamides is 1. The first-order valence-electron chi connectivity index (χ1n) is 8.65. The van der Waals surface area contributed by atoms with Crippen molar-refractivity contribution in [2.24, 2.45) is 5.10 Å². The van der Waals surface area contributed by atoms with Gasteiger partial charge in [0.05, 0.1) is 31.7 Å². The number of methoxy groups -OCH3 is 2. The van der Waals surface area contributed by atoms with Crippen LogP contribution in [0.4, 0.5) is 5.69 Å². The van der Waals surface area contributed by atoms with Gasteiger partial charge in [0.2, 0.25) is 0 Å². The lowest BCUT2D eigenvalue weighted by atomic mass is 10.2. The van der Waals surface area contributed by atoms with Gasteiger partial charge in [-0.15, -0.1) is 11.3 Å². The predicted octanol–water partition coefficient (Wildman–Crippen LogP) is 3.33. The van der Waals surface area contributed by atoms with E-state index in [-0.39, 0.29) is 15.5 Å². The van der Waals surface area contributed by atoms with Gasteiger partial charge in [0, 0.05) is 11.6 Å². The molecule has 0 radical (unpaired) electrons. The van der Waals surface area contributed by atoms with E-state index >= 15 is 0 Å². The Labute approximate surface area is 178 Å². The third-order valence-corrected chi connectivity index (χ3v) is 6.69. The van der Waals surface area contributed by atoms with Crippen molar-refractivity contribution in [2.75, 3.05) is 18.9 Å². The fourth-order valence-corrected chi connectivity index (χ4v) is 4.58. The number of rotatable bonds is 8. The summed E-state index contributed by atoms with van der Waals surface area (Å²) in [6.07, 6.45) is 1.43. The minimum atomic E-state index is -3.78. The van der Waals surface area contributed by atoms with Crippen molar-refractivity contribution in [3.05, 3.63) is 71.1 Å². The van der Waals surface area contributed by atoms with Gasteiger partial charge < -0.3 is 9.47 Å². The number of anilines is 1. The fraction of sp³-hybridized carbons (Fsp3) is 0.100. The molecular weight excluding hydrogens is 426 g/mol. The Hall–Kier alpha value is -3.37. The average molecular weight is 446 g/mol. The Morgan fingerprint density at radius 3 is 2.37 bits per heavy atom. The summed E-state index contributed by atoms with van der Waals surface area (Å²) in [4.78, 5) is 12.6. The third-order valence-electron chi connectivity index (χ3n) is 3.93. The topological polar surface area (TPSA) is 106 Å². The third kappa shape index (κ3) is 5.16. The quantitative estimate of drug-likeness (QED) is 0.409. The van der Waals surface area contributed by atoms with Gasteiger partial charge in [0.15, 0.2) is 0 Å². The highest BCUT2D eigenvalue weighted by molar-refractivity contribution is 7.94. The molecule has 156 valence electrons. The van der Waals surface area contributed by atoms with E-state index in [0.29, 0.717) is 17.1 Å². The predicted molar refractivity (Wildman–Crippen MR) is 116 cm³/mol. The maximum atomic E-state index is 12.6. The summed E-state index contributed by atoms with van der Waals surface area (Å²) in [5.74, 6) is 0.594. The maximum absolute atomic E-state index is 12.6. The van der Waals surface area contributed by atoms with Crippen LogP contribution in [0.2, 0.25) is 0 Å². The lowest BCUT2D eigenvalue weighted by Gasteiger charge is -2.10. The van der Waals surface area contributed by atoms with Gasteiger partial charge >= 0.3 is 0 Å². The molecule has 0 fully saturated rings. The first kappa shape index (κ1) is 21.3. The van der Waals surface area contributed by atoms with Gasteiger partial charge in [0.1, 0.15) is 15.7 Å². The number of hydrogen-bond acceptors (Lipinski definition) is 7. The van der Waals surface area contributed by atoms with Crippen molar-refractivity contribution in [1.82, 2.24) is 5.43 Å². The van der Waals surface area contributed by atoms with Crippen molar-refractivity contribution in [2.45, 2.75) is 4.21 Å². The number of nitrogens with zero attached hydrogens (tertiary/aromatic N) is 1. The molecular formula is C20H19N3O5S2. The smallest absolute Gasteiger partial charge is 0.273 e. The number of amides is 1. The van der Waals surface area contributed by atoms with Gasteiger partial charge in [0.25, 0.3) is 15.9 Å². The van der Waals surface area contributed by atoms with Gasteiger partial charge in [-0.1, -0.05) is 18.2 Å². The second-order valence-corrected chi connectivity index (χ2v) is 8.79. The van der Waals surface area contributed by atoms with Crippen LogP contribution in [0.25, 0.3) is 0 Å². The van der Waals surface area contributed by atoms with Crippen molar-refractivity contribution in [1.29, 1.82) is 0 Å². The normalized spacial score (nSPS) is 11.3. The van der Waals surface area contributed by atoms with Gasteiger partial charge in [-0.2, -0.15) is 5.10 Å². The molecule has 1 aromatic heterocycles. The molecule has 1 amide bonds. The van der Waals surface area contributed by atoms with E-state index in [9.17, 15) is 13.2 Å². The standard InChI is InChI=1S/C20H19N3O5S2/c1-27-15-10-14(11-16(12-15)28-2)13-21-22-20(24)17-6-3-4-7-18(17)23-30(25,26)19-8-5-9-29-19/h3-13,23H,1-2H3,(H,22,24). The van der Waals surface area contributed by atoms with Crippen LogP contribution in [-0.2, 0) is 10.0 Å². The molecule has 3 aromatic rings. The molecule has 3 rings (SSSR count). The van der Waals surface area contributed by atoms with E-state index in [4.69, 9.17) is 9.47 Å². The molecule has 1 heterocycles. The van der Waals surface area contributed by atoms with Crippen LogP contribution in [0, 0.1) is 0 Å². The molecule has 0 spiro atoms. The van der Waals surface area contributed by atoms with E-state index < -0.39 is 15.9 Å². The van der Waals surface area contributed by atoms with Crippen molar-refractivity contribution >= 4 is 39.2 Å². The summed E-state index contributed by atoms with van der Waals surface area (Å²) in [5.41, 5.74) is 3.34. The molecule has 0 bridgehead atoms. The van der Waals surface area contributed by atoms with Crippen LogP contribution in [0.15, 0.2) is 69.3 Å². The summed E-state index contributed by atoms with van der Waals surface area (Å²) in [7, 11) is -0.716. The highest BCUT2D eigenvalue weighted by atomic mass is 32.2. The van der Waals surface area contributed by atoms with E-state index in [1.54, 1.807) is 41.8 Å². The van der Waals surface area contributed by atoms with Crippen molar-refractivity contribution in [3.63, 3.8) is 0 Å². The molecule has 0 atom stereocenters. The lowest BCUT2D eigenvalue weighted by molar-refractivity contribution is 0.0956. The second-order valence-electron chi connectivity index (χ2n) is 5.93. The molecule has 0 aliphatic carbocycles. The number of carbonyl (C=O) groups excluding carboxylic acids is 1. The number of carbonyl (C=O) groups is 1. The van der Waals surface area contributed by atoms with Crippen molar-refractivity contribution in [3.8, 4) is 11.5 Å². The highest BCUT2D eigenvalue weighted by Gasteiger charge is 2.19. The summed E-state index contributed by atoms with van der Waals surface area (Å²) >= 11 is 1.09. The zero-order valence-corrected chi connectivity index (χ0v) is 17.8. The molecule has 0 saturated heterocycles. The molecule has 8 nitrogen and oxygen atoms in total. The fourth-order valence-electron chi connectivity index (χ4n) is 2.51. The van der Waals surface area contributed by atoms with E-state index in [1.807, 2.05) is 0 Å². The molecule has 0 saturated carbocycles. The van der Waals surface area contributed by atoms with Crippen LogP contribution in [-0.4, -0.2) is 34.8 Å². The first-order valence-corrected chi connectivity index (χ1v) is 11.0. The lowest BCUT2D eigenvalue weighted by Crippen LogP contribution is -2.21. The number of ether oxygens (including phenoxy) is 2. The van der Waals surface area contributed by atoms with Crippen LogP contribution < -0.4 is 19.6 Å². The van der Waals surface area contributed by atoms with Crippen LogP contribution >= 0.6 is 11.3 Å². The number of nitrogens with one attached hydrogen (secondary N) is 2. The van der Waals surface area contributed by atoms with Gasteiger partial charge in [-0.05, 0) is 35.7 Å². The first-order chi connectivity index (χ1) is 14.4. The second kappa shape index (κ2) is 9.42. The minimum Gasteiger partial charge on any atom is -0.497 e. The Bertz CT molecular complexity index is 1140. The summed E-state index contributed by atoms with van der Waals surface area (Å²) in [6.45, 7) is 0. The minimum absolute atomic E-state index is 0.137. The number of hydrogen-bond donors (Lipinski definition) is 2. The van der Waals surface area contributed by atoms with Crippen LogP contribution in [0.1, 0.15) is 15.9 Å². The molecule has 10 heteroatoms. The number of hydrazone groups is 1. The number of thiophene rings is 1. The number of para-hydroxylation sites is 1. The molecule has 0 unspecified atom stereocenters. The Morgan fingerprint density at radius 1 is 1.03 bits per heavy atom. The molecule has 30 heavy (non-hydrogen) atoms. The van der Waals surface area contributed by atoms with E-state index in [1.165, 1.54) is 38.6 Å². The largest absolute Gasteiger partial charge is 0.497 e. The molecule has 2 aromatic carbocycles. The Balaban J connectivity index is 1.76. The summed E-state index contributed by atoms with van der Waals surface area (Å²) in [6, 6.07) is 14.6. The van der Waals surface area contributed by atoms with Crippen LogP contribution in [0.5, 0.6) is 11.5 Å². The summed E-state index contributed by atoms with van der Waals surface area (Å²) < 4.78 is 37.9. The van der Waals surface area contributed by atoms with Crippen molar-refractivity contribution < 1.29 is 22.7 Å². The number of benzene rings is 2. The zero-order chi connectivity index (χ0) is 21.6. The monoisotopic (exact) mass is 445 g/mol. The molecule has 2 N–H and O–H groups in total. The van der Waals surface area contributed by atoms with Crippen LogP contribution in [0.3, 0.4) is 0 Å².